The van der Waals surface area contributed by atoms with Gasteiger partial charge in [0.1, 0.15) is 23.1 Å². The van der Waals surface area contributed by atoms with Crippen molar-refractivity contribution in [3.63, 3.8) is 0 Å². The quantitative estimate of drug-likeness (QED) is 0.0558. The number of methoxy groups -OCH3 is 3. The molecule has 4 aliphatic carbocycles. The maximum atomic E-state index is 15.9. The van der Waals surface area contributed by atoms with Crippen LogP contribution in [0.25, 0.3) is 44.5 Å². The molecule has 17 nitrogen and oxygen atoms in total. The Morgan fingerprint density at radius 3 is 0.984 bits per heavy atom. The summed E-state index contributed by atoms with van der Waals surface area (Å²) < 4.78 is 62.6. The lowest BCUT2D eigenvalue weighted by Crippen LogP contribution is -2.34. The molecule has 16 rings (SSSR count). The van der Waals surface area contributed by atoms with Crippen molar-refractivity contribution in [3.8, 4) is 73.3 Å². The summed E-state index contributed by atoms with van der Waals surface area (Å²) in [7, 11) is 4.39. The summed E-state index contributed by atoms with van der Waals surface area (Å²) in [5.41, 5.74) is 23.3. The van der Waals surface area contributed by atoms with Crippen LogP contribution in [0, 0.1) is 45.1 Å². The van der Waals surface area contributed by atoms with E-state index in [1.165, 1.54) is 59.2 Å². The van der Waals surface area contributed by atoms with Gasteiger partial charge in [0.15, 0.2) is 23.1 Å². The Morgan fingerprint density at radius 2 is 0.630 bits per heavy atom. The molecule has 8 aromatic rings. The van der Waals surface area contributed by atoms with Gasteiger partial charge >= 0.3 is 0 Å². The van der Waals surface area contributed by atoms with Crippen molar-refractivity contribution in [3.05, 3.63) is 204 Å². The van der Waals surface area contributed by atoms with Gasteiger partial charge in [0, 0.05) is 22.8 Å². The van der Waals surface area contributed by atoms with Crippen LogP contribution in [0.15, 0.2) is 97.1 Å². The van der Waals surface area contributed by atoms with E-state index in [9.17, 15) is 48.6 Å². The predicted molar refractivity (Wildman–Crippen MR) is 505 cm³/mol. The first-order valence-electron chi connectivity index (χ1n) is 43.5. The van der Waals surface area contributed by atoms with E-state index in [1.54, 1.807) is 19.2 Å². The van der Waals surface area contributed by atoms with Gasteiger partial charge in [0.05, 0.1) is 47.9 Å². The number of phenolic OH excluding ortho intramolecular Hbond substituents is 2. The third kappa shape index (κ3) is 19.3. The number of halogens is 3. The van der Waals surface area contributed by atoms with Gasteiger partial charge in [-0.1, -0.05) is 188 Å². The van der Waals surface area contributed by atoms with E-state index in [2.05, 4.69) is 195 Å². The zero-order valence-corrected chi connectivity index (χ0v) is 80.5. The number of carbonyl (C=O) groups is 8. The fourth-order valence-electron chi connectivity index (χ4n) is 19.5. The molecule has 8 amide bonds. The smallest absolute Gasteiger partial charge is 0.286 e. The maximum Gasteiger partial charge on any atom is 0.286 e. The van der Waals surface area contributed by atoms with E-state index in [1.807, 2.05) is 37.3 Å². The number of imide groups is 4. The molecule has 8 aliphatic rings. The topological polar surface area (TPSA) is 253 Å². The Hall–Kier alpha value is -9.49. The van der Waals surface area contributed by atoms with E-state index >= 15 is 13.2 Å². The molecule has 0 bridgehead atoms. The third-order valence-corrected chi connectivity index (χ3v) is 31.8. The number of hydrogen-bond donors (Lipinski definition) is 6. The molecule has 8 aromatic carbocycles. The van der Waals surface area contributed by atoms with Crippen LogP contribution in [0.3, 0.4) is 0 Å². The van der Waals surface area contributed by atoms with Crippen molar-refractivity contribution in [2.75, 3.05) is 21.3 Å². The second-order valence-electron chi connectivity index (χ2n) is 40.7. The van der Waals surface area contributed by atoms with Crippen LogP contribution in [0.1, 0.15) is 251 Å². The Morgan fingerprint density at radius 1 is 0.323 bits per heavy atom. The van der Waals surface area contributed by atoms with Crippen molar-refractivity contribution < 1.29 is 76.0 Å². The molecule has 4 fully saturated rings. The third-order valence-electron chi connectivity index (χ3n) is 27.9. The van der Waals surface area contributed by atoms with Gasteiger partial charge in [-0.3, -0.25) is 59.6 Å². The van der Waals surface area contributed by atoms with Gasteiger partial charge in [-0.25, -0.2) is 13.2 Å². The molecule has 0 saturated carbocycles. The van der Waals surface area contributed by atoms with Crippen LogP contribution in [-0.2, 0) is 88.2 Å². The summed E-state index contributed by atoms with van der Waals surface area (Å²) in [5.74, 6) is -2.25. The lowest BCUT2D eigenvalue weighted by atomic mass is 9.62. The predicted octanol–water partition coefficient (Wildman–Crippen LogP) is 23.5. The average Bonchev–Trinajstić information content (AvgIpc) is 1.07. The number of hydrogen-bond acceptors (Lipinski definition) is 17. The minimum Gasteiger partial charge on any atom is -0.508 e. The molecule has 4 atom stereocenters. The first-order valence-corrected chi connectivity index (χ1v) is 47.0. The molecule has 4 aliphatic heterocycles. The van der Waals surface area contributed by atoms with Gasteiger partial charge in [0.25, 0.3) is 21.0 Å². The fourth-order valence-corrected chi connectivity index (χ4v) is 22.9. The minimum absolute atomic E-state index is 0.0104. The number of thioether (sulfide) groups is 4. The summed E-state index contributed by atoms with van der Waals surface area (Å²) in [6.45, 7) is 44.5. The van der Waals surface area contributed by atoms with Crippen LogP contribution in [0.2, 0.25) is 0 Å². The number of phenols is 2. The zero-order valence-electron chi connectivity index (χ0n) is 77.2. The number of aryl methyl sites for hydroxylation is 4. The number of carbonyl (C=O) groups excluding carboxylic acids is 8. The summed E-state index contributed by atoms with van der Waals surface area (Å²) >= 11 is 3.75. The van der Waals surface area contributed by atoms with Gasteiger partial charge < -0.3 is 24.4 Å². The number of amides is 8. The molecule has 0 aromatic heterocycles. The molecule has 0 radical (unpaired) electrons. The van der Waals surface area contributed by atoms with Crippen molar-refractivity contribution in [1.29, 1.82) is 0 Å². The Bertz CT molecular complexity index is 5880. The number of nitrogens with one attached hydrogen (secondary N) is 4. The number of rotatable bonds is 15. The van der Waals surface area contributed by atoms with Gasteiger partial charge in [-0.2, -0.15) is 0 Å². The van der Waals surface area contributed by atoms with Crippen LogP contribution in [0.5, 0.6) is 28.7 Å². The molecule has 24 heteroatoms. The molecular weight excluding hydrogens is 1690 g/mol. The molecule has 4 unspecified atom stereocenters. The second kappa shape index (κ2) is 35.4. The summed E-state index contributed by atoms with van der Waals surface area (Å²) in [4.78, 5) is 94.2. The number of fused-ring (bicyclic) bond motifs is 4. The fraction of sp³-hybridized carbons (Fsp3) is 0.456. The van der Waals surface area contributed by atoms with Crippen molar-refractivity contribution in [2.24, 2.45) is 0 Å². The maximum absolute atomic E-state index is 15.9. The Balaban J connectivity index is 0.000000145. The lowest BCUT2D eigenvalue weighted by Gasteiger charge is -2.42. The van der Waals surface area contributed by atoms with Crippen molar-refractivity contribution in [1.82, 2.24) is 21.3 Å². The molecule has 127 heavy (non-hydrogen) atoms. The van der Waals surface area contributed by atoms with E-state index in [4.69, 9.17) is 14.2 Å². The molecule has 6 N–H and O–H groups in total. The van der Waals surface area contributed by atoms with Crippen molar-refractivity contribution >= 4 is 91.6 Å². The molecule has 0 spiro atoms. The Labute approximate surface area is 761 Å². The van der Waals surface area contributed by atoms with Crippen LogP contribution in [-0.4, -0.2) is 97.1 Å². The highest BCUT2D eigenvalue weighted by atomic mass is 32.2. The first kappa shape index (κ1) is 95.1. The first-order chi connectivity index (χ1) is 59.2. The molecular formula is C103H119F3N4O13S4. The standard InChI is InChI=1S/C26H29F2NO3S.C26H30FNO3S.C26H31NO4S.C25H29NO3S/c1-13-9-16-17(26(4,5)8-7-25(16,2)3)12-15(13)20-21(28)14(10-18(27)22(20)32-6)11-19-23(30)29-24(31)33-19;1-14-9-18-19(26(4,5)8-7-25(18,2)3)13-16(14)17-10-15(11-20(27)22(17)31-6)12-21-23(29)28-24(30)32-21;1-14-9-18-19(26(4,5)8-7-25(18,2)3)12-16(14)17-10-15(20(28)13-21(17)31-6)11-22-23(29)27-24(30)32-22;1-14-10-18-19(25(4,5)9-8-24(18,2)3)13-16(14)17-11-15(6-7-20(17)27)12-21-22(28)26-23(29)30-21/h9-10,12,19H,7-8,11H2,1-6H3,(H,29,30,31);9-11,13,21H,7-8,12H2,1-6H3,(H,28,29,30);9-10,12-13,22,28H,7-8,11H2,1-6H3,(H,27,29,30);6-7,10-11,13,21,27H,8-9,12H2,1-5H3,(H,26,28,29). The monoisotopic (exact) mass is 1800 g/mol. The summed E-state index contributed by atoms with van der Waals surface area (Å²) in [6, 6.07) is 31.0. The highest BCUT2D eigenvalue weighted by Crippen LogP contribution is 2.55. The minimum atomic E-state index is -0.794. The van der Waals surface area contributed by atoms with E-state index in [-0.39, 0.29) is 130 Å². The number of benzene rings is 8. The highest BCUT2D eigenvalue weighted by molar-refractivity contribution is 8.16. The van der Waals surface area contributed by atoms with Crippen LogP contribution >= 0.6 is 47.0 Å². The number of aromatic hydroxyl groups is 2. The van der Waals surface area contributed by atoms with Gasteiger partial charge in [-0.05, 0) is 320 Å². The second-order valence-corrected chi connectivity index (χ2v) is 45.4. The van der Waals surface area contributed by atoms with Crippen molar-refractivity contribution in [2.45, 2.75) is 280 Å². The lowest BCUT2D eigenvalue weighted by molar-refractivity contribution is -0.119. The molecule has 4 saturated heterocycles. The number of ether oxygens (including phenoxy) is 3. The van der Waals surface area contributed by atoms with E-state index in [0.29, 0.717) is 34.4 Å². The average molecular weight is 1810 g/mol. The highest BCUT2D eigenvalue weighted by Gasteiger charge is 2.45. The molecule has 674 valence electrons. The van der Waals surface area contributed by atoms with Gasteiger partial charge in [0.2, 0.25) is 23.6 Å². The SMILES string of the molecule is COc1c(F)cc(CC2SC(=O)NC2=O)c(F)c1-c1cc2c(cc1C)C(C)(C)CCC2(C)C.COc1c(F)cc(CC2SC(=O)NC2=O)cc1-c1cc2c(cc1C)C(C)(C)CCC2(C)C.COc1cc(O)c(CC2SC(=O)NC2=O)cc1-c1cc2c(cc1C)C(C)(C)CCC2(C)C.Cc1cc2c(cc1-c1cc(CC3SC(=O)NC3=O)ccc1O)C(C)(C)CCC2(C)C. The normalized spacial score (nSPS) is 21.4. The van der Waals surface area contributed by atoms with Crippen LogP contribution in [0.4, 0.5) is 32.3 Å². The zero-order chi connectivity index (χ0) is 93.0. The Kier molecular flexibility index (Phi) is 26.5. The van der Waals surface area contributed by atoms with E-state index in [0.717, 1.165) is 166 Å². The largest absolute Gasteiger partial charge is 0.508 e. The van der Waals surface area contributed by atoms with Crippen LogP contribution < -0.4 is 35.5 Å². The summed E-state index contributed by atoms with van der Waals surface area (Å²) in [6.07, 6.45) is 9.72. The summed E-state index contributed by atoms with van der Waals surface area (Å²) in [5, 5.41) is 26.7. The van der Waals surface area contributed by atoms with Gasteiger partial charge in [-0.15, -0.1) is 0 Å². The van der Waals surface area contributed by atoms with E-state index < -0.39 is 49.6 Å². The molecule has 4 heterocycles.